The third-order valence-electron chi connectivity index (χ3n) is 5.27. The molecule has 1 saturated heterocycles. The standard InChI is InChI=1S/C22H35N3O2/c1-4-7-9-12-21(26)23-18-13-14-20(25-15-10-8-11-16-25)19(17-18)22(27)24(5-2)6-3/h13-14,17H,4-12,15-16H2,1-3H3,(H,23,26). The van der Waals surface area contributed by atoms with Gasteiger partial charge in [0.1, 0.15) is 0 Å². The molecule has 1 aliphatic heterocycles. The van der Waals surface area contributed by atoms with Crippen LogP contribution >= 0.6 is 0 Å². The number of piperidine rings is 1. The zero-order valence-corrected chi connectivity index (χ0v) is 17.2. The van der Waals surface area contributed by atoms with Gasteiger partial charge in [-0.25, -0.2) is 0 Å². The quantitative estimate of drug-likeness (QED) is 0.640. The van der Waals surface area contributed by atoms with Gasteiger partial charge < -0.3 is 15.1 Å². The number of hydrogen-bond donors (Lipinski definition) is 1. The molecule has 0 bridgehead atoms. The van der Waals surface area contributed by atoms with E-state index >= 15 is 0 Å². The number of carbonyl (C=O) groups is 2. The van der Waals surface area contributed by atoms with Gasteiger partial charge in [0.2, 0.25) is 5.91 Å². The number of carbonyl (C=O) groups excluding carboxylic acids is 2. The molecule has 27 heavy (non-hydrogen) atoms. The maximum absolute atomic E-state index is 13.1. The van der Waals surface area contributed by atoms with Crippen LogP contribution in [0.5, 0.6) is 0 Å². The monoisotopic (exact) mass is 373 g/mol. The van der Waals surface area contributed by atoms with E-state index in [-0.39, 0.29) is 11.8 Å². The Morgan fingerprint density at radius 2 is 1.74 bits per heavy atom. The van der Waals surface area contributed by atoms with Gasteiger partial charge in [-0.1, -0.05) is 19.8 Å². The van der Waals surface area contributed by atoms with Crippen LogP contribution in [-0.2, 0) is 4.79 Å². The highest BCUT2D eigenvalue weighted by Gasteiger charge is 2.22. The van der Waals surface area contributed by atoms with Gasteiger partial charge in [0.05, 0.1) is 5.56 Å². The van der Waals surface area contributed by atoms with E-state index in [2.05, 4.69) is 17.1 Å². The van der Waals surface area contributed by atoms with Gasteiger partial charge in [-0.3, -0.25) is 9.59 Å². The Balaban J connectivity index is 2.24. The fourth-order valence-electron chi connectivity index (χ4n) is 3.64. The Morgan fingerprint density at radius 3 is 2.37 bits per heavy atom. The van der Waals surface area contributed by atoms with E-state index in [1.165, 1.54) is 6.42 Å². The van der Waals surface area contributed by atoms with Gasteiger partial charge in [0, 0.05) is 44.0 Å². The second-order valence-corrected chi connectivity index (χ2v) is 7.26. The minimum Gasteiger partial charge on any atom is -0.371 e. The molecule has 1 N–H and O–H groups in total. The fraction of sp³-hybridized carbons (Fsp3) is 0.636. The molecule has 0 unspecified atom stereocenters. The smallest absolute Gasteiger partial charge is 0.256 e. The first-order valence-electron chi connectivity index (χ1n) is 10.6. The van der Waals surface area contributed by atoms with Gasteiger partial charge in [0.15, 0.2) is 0 Å². The molecule has 0 saturated carbocycles. The Bertz CT molecular complexity index is 620. The third kappa shape index (κ3) is 5.98. The SMILES string of the molecule is CCCCCC(=O)Nc1ccc(N2CCCCC2)c(C(=O)N(CC)CC)c1. The third-order valence-corrected chi connectivity index (χ3v) is 5.27. The summed E-state index contributed by atoms with van der Waals surface area (Å²) in [5, 5.41) is 2.97. The van der Waals surface area contributed by atoms with Crippen LogP contribution < -0.4 is 10.2 Å². The summed E-state index contributed by atoms with van der Waals surface area (Å²) in [4.78, 5) is 29.4. The van der Waals surface area contributed by atoms with E-state index in [1.807, 2.05) is 36.9 Å². The van der Waals surface area contributed by atoms with Crippen molar-refractivity contribution in [1.29, 1.82) is 0 Å². The summed E-state index contributed by atoms with van der Waals surface area (Å²) in [6.07, 6.45) is 7.17. The molecule has 1 aromatic rings. The average molecular weight is 374 g/mol. The van der Waals surface area contributed by atoms with Crippen molar-refractivity contribution >= 4 is 23.2 Å². The molecule has 0 aliphatic carbocycles. The van der Waals surface area contributed by atoms with E-state index in [4.69, 9.17) is 0 Å². The largest absolute Gasteiger partial charge is 0.371 e. The molecule has 2 amide bonds. The summed E-state index contributed by atoms with van der Waals surface area (Å²) in [5.74, 6) is 0.0677. The number of benzene rings is 1. The number of hydrogen-bond acceptors (Lipinski definition) is 3. The molecule has 150 valence electrons. The molecule has 1 fully saturated rings. The molecular weight excluding hydrogens is 338 g/mol. The molecule has 1 aromatic carbocycles. The lowest BCUT2D eigenvalue weighted by Gasteiger charge is -2.31. The lowest BCUT2D eigenvalue weighted by atomic mass is 10.0. The van der Waals surface area contributed by atoms with E-state index < -0.39 is 0 Å². The molecule has 0 radical (unpaired) electrons. The maximum atomic E-state index is 13.1. The number of nitrogens with zero attached hydrogens (tertiary/aromatic N) is 2. The molecular formula is C22H35N3O2. The number of anilines is 2. The van der Waals surface area contributed by atoms with Crippen molar-refractivity contribution < 1.29 is 9.59 Å². The predicted octanol–water partition coefficient (Wildman–Crippen LogP) is 4.68. The van der Waals surface area contributed by atoms with E-state index in [9.17, 15) is 9.59 Å². The second kappa shape index (κ2) is 11.0. The minimum atomic E-state index is 0.0235. The lowest BCUT2D eigenvalue weighted by molar-refractivity contribution is -0.116. The lowest BCUT2D eigenvalue weighted by Crippen LogP contribution is -2.35. The van der Waals surface area contributed by atoms with Crippen molar-refractivity contribution in [3.63, 3.8) is 0 Å². The van der Waals surface area contributed by atoms with Crippen molar-refractivity contribution in [2.75, 3.05) is 36.4 Å². The van der Waals surface area contributed by atoms with Crippen LogP contribution in [-0.4, -0.2) is 42.9 Å². The summed E-state index contributed by atoms with van der Waals surface area (Å²) in [5.41, 5.74) is 2.41. The highest BCUT2D eigenvalue weighted by molar-refractivity contribution is 6.02. The fourth-order valence-corrected chi connectivity index (χ4v) is 3.64. The van der Waals surface area contributed by atoms with Gasteiger partial charge in [-0.05, 0) is 57.7 Å². The number of rotatable bonds is 9. The van der Waals surface area contributed by atoms with Crippen molar-refractivity contribution in [2.45, 2.75) is 65.7 Å². The first-order valence-corrected chi connectivity index (χ1v) is 10.6. The van der Waals surface area contributed by atoms with Crippen molar-refractivity contribution in [3.05, 3.63) is 23.8 Å². The van der Waals surface area contributed by atoms with Crippen LogP contribution in [0.3, 0.4) is 0 Å². The van der Waals surface area contributed by atoms with Crippen LogP contribution in [0, 0.1) is 0 Å². The molecule has 0 aromatic heterocycles. The van der Waals surface area contributed by atoms with Gasteiger partial charge in [-0.15, -0.1) is 0 Å². The highest BCUT2D eigenvalue weighted by atomic mass is 16.2. The second-order valence-electron chi connectivity index (χ2n) is 7.26. The van der Waals surface area contributed by atoms with Crippen LogP contribution in [0.1, 0.15) is 76.1 Å². The molecule has 1 heterocycles. The minimum absolute atomic E-state index is 0.0235. The summed E-state index contributed by atoms with van der Waals surface area (Å²) in [6.45, 7) is 9.47. The van der Waals surface area contributed by atoms with E-state index in [1.54, 1.807) is 0 Å². The molecule has 0 atom stereocenters. The van der Waals surface area contributed by atoms with Crippen LogP contribution in [0.25, 0.3) is 0 Å². The predicted molar refractivity (Wildman–Crippen MR) is 113 cm³/mol. The number of unbranched alkanes of at least 4 members (excludes halogenated alkanes) is 2. The van der Waals surface area contributed by atoms with Crippen LogP contribution in [0.15, 0.2) is 18.2 Å². The topological polar surface area (TPSA) is 52.7 Å². The van der Waals surface area contributed by atoms with Crippen LogP contribution in [0.2, 0.25) is 0 Å². The number of amides is 2. The molecule has 5 nitrogen and oxygen atoms in total. The highest BCUT2D eigenvalue weighted by Crippen LogP contribution is 2.28. The summed E-state index contributed by atoms with van der Waals surface area (Å²) < 4.78 is 0. The summed E-state index contributed by atoms with van der Waals surface area (Å²) in [7, 11) is 0. The zero-order chi connectivity index (χ0) is 19.6. The van der Waals surface area contributed by atoms with Crippen molar-refractivity contribution in [2.24, 2.45) is 0 Å². The van der Waals surface area contributed by atoms with Gasteiger partial charge in [-0.2, -0.15) is 0 Å². The Labute approximate surface area is 164 Å². The van der Waals surface area contributed by atoms with Gasteiger partial charge >= 0.3 is 0 Å². The van der Waals surface area contributed by atoms with Crippen LogP contribution in [0.4, 0.5) is 11.4 Å². The molecule has 2 rings (SSSR count). The Kier molecular flexibility index (Phi) is 8.62. The average Bonchev–Trinajstić information content (AvgIpc) is 2.69. The summed E-state index contributed by atoms with van der Waals surface area (Å²) >= 11 is 0. The zero-order valence-electron chi connectivity index (χ0n) is 17.2. The Morgan fingerprint density at radius 1 is 1.04 bits per heavy atom. The van der Waals surface area contributed by atoms with E-state index in [0.717, 1.165) is 50.9 Å². The molecule has 0 spiro atoms. The van der Waals surface area contributed by atoms with E-state index in [0.29, 0.717) is 30.8 Å². The number of nitrogens with one attached hydrogen (secondary N) is 1. The first kappa shape index (κ1) is 21.3. The normalized spacial score (nSPS) is 14.1. The Hall–Kier alpha value is -2.04. The molecule has 1 aliphatic rings. The van der Waals surface area contributed by atoms with Gasteiger partial charge in [0.25, 0.3) is 5.91 Å². The van der Waals surface area contributed by atoms with Crippen molar-refractivity contribution in [3.8, 4) is 0 Å². The molecule has 5 heteroatoms. The maximum Gasteiger partial charge on any atom is 0.256 e. The van der Waals surface area contributed by atoms with Crippen molar-refractivity contribution in [1.82, 2.24) is 4.90 Å². The first-order chi connectivity index (χ1) is 13.1. The summed E-state index contributed by atoms with van der Waals surface area (Å²) in [6, 6.07) is 5.80.